The second kappa shape index (κ2) is 4.70. The average molecular weight is 145 g/mol. The van der Waals surface area contributed by atoms with Gasteiger partial charge in [0.15, 0.2) is 0 Å². The van der Waals surface area contributed by atoms with Crippen molar-refractivity contribution in [2.24, 2.45) is 0 Å². The van der Waals surface area contributed by atoms with Crippen molar-refractivity contribution >= 4 is 17.2 Å². The summed E-state index contributed by atoms with van der Waals surface area (Å²) in [5.41, 5.74) is 0. The first-order valence-electron chi connectivity index (χ1n) is 3.00. The Hall–Kier alpha value is -0.150. The Bertz CT molecular complexity index is 93.1. The van der Waals surface area contributed by atoms with Gasteiger partial charge < -0.3 is 10.6 Å². The third-order valence-corrected chi connectivity index (χ3v) is 1.44. The van der Waals surface area contributed by atoms with E-state index in [4.69, 9.17) is 12.2 Å². The van der Waals surface area contributed by atoms with Crippen LogP contribution in [0.1, 0.15) is 6.92 Å². The summed E-state index contributed by atoms with van der Waals surface area (Å²) in [4.78, 5) is 0.778. The molecule has 3 heteroatoms. The normalized spacial score (nSPS) is 12.8. The van der Waals surface area contributed by atoms with Crippen LogP contribution < -0.4 is 10.6 Å². The van der Waals surface area contributed by atoms with E-state index in [-0.39, 0.29) is 6.04 Å². The Balaban J connectivity index is 3.46. The summed E-state index contributed by atoms with van der Waals surface area (Å²) in [6.07, 6.45) is 0. The minimum atomic E-state index is 0.0416. The van der Waals surface area contributed by atoms with Crippen LogP contribution in [0.3, 0.4) is 0 Å². The zero-order valence-electron chi connectivity index (χ0n) is 5.90. The van der Waals surface area contributed by atoms with E-state index in [1.807, 2.05) is 14.0 Å². The van der Waals surface area contributed by atoms with Crippen molar-refractivity contribution in [2.45, 2.75) is 13.0 Å². The number of nitrogens with one attached hydrogen (secondary N) is 2. The van der Waals surface area contributed by atoms with Crippen molar-refractivity contribution in [3.8, 4) is 0 Å². The van der Waals surface area contributed by atoms with E-state index in [2.05, 4.69) is 17.6 Å². The molecule has 1 atom stereocenters. The van der Waals surface area contributed by atoms with Crippen molar-refractivity contribution in [3.63, 3.8) is 0 Å². The van der Waals surface area contributed by atoms with Crippen LogP contribution in [0.5, 0.6) is 0 Å². The molecule has 0 amide bonds. The largest absolute Gasteiger partial charge is 0.379 e. The van der Waals surface area contributed by atoms with E-state index in [0.717, 1.165) is 11.5 Å². The molecule has 0 aliphatic carbocycles. The number of thiocarbonyl (C=S) groups is 1. The van der Waals surface area contributed by atoms with Crippen LogP contribution >= 0.6 is 12.2 Å². The minimum Gasteiger partial charge on any atom is -0.379 e. The molecule has 0 rings (SSSR count). The monoisotopic (exact) mass is 145 g/mol. The molecule has 0 fully saturated rings. The third kappa shape index (κ3) is 3.43. The number of hydrogen-bond acceptors (Lipinski definition) is 2. The maximum Gasteiger partial charge on any atom is 0.0925 e. The van der Waals surface area contributed by atoms with Gasteiger partial charge in [0, 0.05) is 6.54 Å². The van der Waals surface area contributed by atoms with Crippen molar-refractivity contribution in [2.75, 3.05) is 13.6 Å². The second-order valence-electron chi connectivity index (χ2n) is 1.74. The molecule has 0 heterocycles. The van der Waals surface area contributed by atoms with Crippen LogP contribution in [0.4, 0.5) is 0 Å². The Morgan fingerprint density at radius 2 is 2.33 bits per heavy atom. The third-order valence-electron chi connectivity index (χ3n) is 1.02. The maximum absolute atomic E-state index is 4.94. The van der Waals surface area contributed by atoms with Crippen LogP contribution in [0.25, 0.3) is 0 Å². The fourth-order valence-corrected chi connectivity index (χ4v) is 0.691. The zero-order chi connectivity index (χ0) is 7.28. The SMILES string of the molecule is [CH2]C(NC)C(=S)NCC. The smallest absolute Gasteiger partial charge is 0.0925 e. The van der Waals surface area contributed by atoms with Gasteiger partial charge in [-0.1, -0.05) is 12.2 Å². The highest BCUT2D eigenvalue weighted by atomic mass is 32.1. The molecule has 0 aliphatic rings. The summed E-state index contributed by atoms with van der Waals surface area (Å²) in [5, 5.41) is 5.94. The van der Waals surface area contributed by atoms with Crippen molar-refractivity contribution in [1.82, 2.24) is 10.6 Å². The van der Waals surface area contributed by atoms with E-state index < -0.39 is 0 Å². The summed E-state index contributed by atoms with van der Waals surface area (Å²) < 4.78 is 0. The molecular formula is C6H13N2S. The van der Waals surface area contributed by atoms with Crippen molar-refractivity contribution in [1.29, 1.82) is 0 Å². The molecule has 0 aliphatic heterocycles. The van der Waals surface area contributed by atoms with Gasteiger partial charge >= 0.3 is 0 Å². The van der Waals surface area contributed by atoms with Crippen LogP contribution in [-0.4, -0.2) is 24.6 Å². The van der Waals surface area contributed by atoms with Gasteiger partial charge in [-0.25, -0.2) is 0 Å². The van der Waals surface area contributed by atoms with E-state index in [1.165, 1.54) is 0 Å². The highest BCUT2D eigenvalue weighted by Crippen LogP contribution is 1.80. The topological polar surface area (TPSA) is 24.1 Å². The lowest BCUT2D eigenvalue weighted by Gasteiger charge is -2.11. The minimum absolute atomic E-state index is 0.0416. The molecule has 0 saturated carbocycles. The maximum atomic E-state index is 4.94. The molecule has 9 heavy (non-hydrogen) atoms. The molecule has 2 N–H and O–H groups in total. The summed E-state index contributed by atoms with van der Waals surface area (Å²) in [6, 6.07) is 0.0416. The summed E-state index contributed by atoms with van der Waals surface area (Å²) in [6.45, 7) is 6.64. The Labute approximate surface area is 62.0 Å². The van der Waals surface area contributed by atoms with Gasteiger partial charge in [-0.05, 0) is 20.9 Å². The van der Waals surface area contributed by atoms with Crippen molar-refractivity contribution in [3.05, 3.63) is 6.92 Å². The van der Waals surface area contributed by atoms with Crippen LogP contribution in [0, 0.1) is 6.92 Å². The lowest BCUT2D eigenvalue weighted by molar-refractivity contribution is 0.793. The Morgan fingerprint density at radius 3 is 2.67 bits per heavy atom. The van der Waals surface area contributed by atoms with Gasteiger partial charge in [-0.2, -0.15) is 0 Å². The predicted molar refractivity (Wildman–Crippen MR) is 44.5 cm³/mol. The van der Waals surface area contributed by atoms with Gasteiger partial charge in [0.2, 0.25) is 0 Å². The highest BCUT2D eigenvalue weighted by Gasteiger charge is 2.01. The number of hydrogen-bond donors (Lipinski definition) is 2. The first kappa shape index (κ1) is 8.85. The summed E-state index contributed by atoms with van der Waals surface area (Å²) >= 11 is 4.94. The van der Waals surface area contributed by atoms with Crippen molar-refractivity contribution < 1.29 is 0 Å². The van der Waals surface area contributed by atoms with Gasteiger partial charge in [0.1, 0.15) is 0 Å². The number of likely N-dealkylation sites (N-methyl/N-ethyl adjacent to an activating group) is 2. The van der Waals surface area contributed by atoms with Gasteiger partial charge in [0.25, 0.3) is 0 Å². The molecule has 1 unspecified atom stereocenters. The van der Waals surface area contributed by atoms with E-state index in [0.29, 0.717) is 0 Å². The predicted octanol–water partition coefficient (Wildman–Crippen LogP) is 0.345. The molecule has 0 aromatic carbocycles. The molecule has 0 saturated heterocycles. The molecule has 0 spiro atoms. The molecular weight excluding hydrogens is 132 g/mol. The van der Waals surface area contributed by atoms with Crippen LogP contribution in [-0.2, 0) is 0 Å². The van der Waals surface area contributed by atoms with Crippen LogP contribution in [0.2, 0.25) is 0 Å². The first-order valence-corrected chi connectivity index (χ1v) is 3.41. The van der Waals surface area contributed by atoms with E-state index in [1.54, 1.807) is 0 Å². The molecule has 0 bridgehead atoms. The van der Waals surface area contributed by atoms with Gasteiger partial charge in [-0.3, -0.25) is 0 Å². The van der Waals surface area contributed by atoms with Gasteiger partial charge in [-0.15, -0.1) is 0 Å². The summed E-state index contributed by atoms with van der Waals surface area (Å²) in [5.74, 6) is 0. The summed E-state index contributed by atoms with van der Waals surface area (Å²) in [7, 11) is 1.83. The lowest BCUT2D eigenvalue weighted by Crippen LogP contribution is -2.38. The van der Waals surface area contributed by atoms with Gasteiger partial charge in [0.05, 0.1) is 11.0 Å². The zero-order valence-corrected chi connectivity index (χ0v) is 6.72. The standard InChI is InChI=1S/C6H13N2S/c1-4-8-6(9)5(2)7-3/h5,7H,2,4H2,1,3H3,(H,8,9). The number of rotatable bonds is 3. The lowest BCUT2D eigenvalue weighted by atomic mass is 10.3. The Kier molecular flexibility index (Phi) is 4.62. The molecule has 2 nitrogen and oxygen atoms in total. The van der Waals surface area contributed by atoms with Crippen LogP contribution in [0.15, 0.2) is 0 Å². The molecule has 1 radical (unpaired) electrons. The Morgan fingerprint density at radius 1 is 1.78 bits per heavy atom. The quantitative estimate of drug-likeness (QED) is 0.560. The van der Waals surface area contributed by atoms with E-state index in [9.17, 15) is 0 Å². The molecule has 53 valence electrons. The van der Waals surface area contributed by atoms with E-state index >= 15 is 0 Å². The average Bonchev–Trinajstić information content (AvgIpc) is 1.87. The molecule has 0 aromatic heterocycles. The fraction of sp³-hybridized carbons (Fsp3) is 0.667. The second-order valence-corrected chi connectivity index (χ2v) is 2.18. The molecule has 0 aromatic rings. The first-order chi connectivity index (χ1) is 4.22. The highest BCUT2D eigenvalue weighted by molar-refractivity contribution is 7.80. The fourth-order valence-electron chi connectivity index (χ4n) is 0.429.